The number of benzene rings is 1. The van der Waals surface area contributed by atoms with Gasteiger partial charge in [0.25, 0.3) is 5.56 Å². The number of anilines is 1. The molecule has 1 aromatic carbocycles. The summed E-state index contributed by atoms with van der Waals surface area (Å²) in [4.78, 5) is 29.1. The van der Waals surface area contributed by atoms with Gasteiger partial charge < -0.3 is 9.84 Å². The van der Waals surface area contributed by atoms with E-state index in [0.29, 0.717) is 22.3 Å². The number of imidazole rings is 1. The Morgan fingerprint density at radius 1 is 1.34 bits per heavy atom. The number of nitrogens with zero attached hydrogens (tertiary/aromatic N) is 5. The van der Waals surface area contributed by atoms with Gasteiger partial charge >= 0.3 is 5.69 Å². The van der Waals surface area contributed by atoms with E-state index in [0.717, 1.165) is 4.57 Å². The lowest BCUT2D eigenvalue weighted by Gasteiger charge is -2.07. The summed E-state index contributed by atoms with van der Waals surface area (Å²) in [5, 5.41) is 14.0. The summed E-state index contributed by atoms with van der Waals surface area (Å²) in [7, 11) is 4.41. The number of rotatable bonds is 6. The van der Waals surface area contributed by atoms with E-state index in [-0.39, 0.29) is 22.9 Å². The quantitative estimate of drug-likeness (QED) is 0.326. The highest BCUT2D eigenvalue weighted by Crippen LogP contribution is 2.34. The summed E-state index contributed by atoms with van der Waals surface area (Å²) in [6, 6.07) is 3.27. The van der Waals surface area contributed by atoms with Crippen molar-refractivity contribution in [1.82, 2.24) is 18.7 Å². The molecule has 0 saturated carbocycles. The first-order valence-electron chi connectivity index (χ1n) is 8.42. The lowest BCUT2D eigenvalue weighted by atomic mass is 10.2. The van der Waals surface area contributed by atoms with Crippen molar-refractivity contribution in [2.75, 3.05) is 12.5 Å². The fraction of sp³-hybridized carbons (Fsp3) is 0.222. The Labute approximate surface area is 173 Å². The van der Waals surface area contributed by atoms with E-state index in [2.05, 4.69) is 38.0 Å². The van der Waals surface area contributed by atoms with Crippen LogP contribution in [0, 0.1) is 0 Å². The number of hydrogen-bond acceptors (Lipinski definition) is 7. The maximum atomic E-state index is 12.6. The minimum atomic E-state index is -0.471. The van der Waals surface area contributed by atoms with Gasteiger partial charge in [-0.1, -0.05) is 6.08 Å². The van der Waals surface area contributed by atoms with E-state index < -0.39 is 11.2 Å². The van der Waals surface area contributed by atoms with Crippen LogP contribution in [0.2, 0.25) is 0 Å². The monoisotopic (exact) mass is 462 g/mol. The van der Waals surface area contributed by atoms with Crippen molar-refractivity contribution in [3.63, 3.8) is 0 Å². The standard InChI is InChI=1S/C18H19BrN6O4/c1-5-6-25-13-15(23(2)18(28)24(3)16(13)27)21-17(25)22-20-9-10-7-11(19)14(26)12(8-10)29-4/h5,7-9,26H,1,6H2,2-4H3,(H,21,22)/b20-9-. The van der Waals surface area contributed by atoms with Crippen LogP contribution in [0.3, 0.4) is 0 Å². The molecule has 3 aromatic rings. The number of nitrogens with one attached hydrogen (secondary N) is 1. The van der Waals surface area contributed by atoms with E-state index in [1.165, 1.54) is 24.9 Å². The molecule has 3 rings (SSSR count). The van der Waals surface area contributed by atoms with E-state index in [9.17, 15) is 14.7 Å². The Bertz CT molecular complexity index is 1250. The van der Waals surface area contributed by atoms with Gasteiger partial charge in [0.1, 0.15) is 0 Å². The van der Waals surface area contributed by atoms with Gasteiger partial charge in [-0.2, -0.15) is 10.1 Å². The number of aromatic nitrogens is 4. The third kappa shape index (κ3) is 3.56. The summed E-state index contributed by atoms with van der Waals surface area (Å²) in [5.41, 5.74) is 3.02. The fourth-order valence-corrected chi connectivity index (χ4v) is 3.29. The summed E-state index contributed by atoms with van der Waals surface area (Å²) < 4.78 is 9.48. The second-order valence-corrected chi connectivity index (χ2v) is 6.99. The third-order valence-corrected chi connectivity index (χ3v) is 4.91. The van der Waals surface area contributed by atoms with Crippen molar-refractivity contribution < 1.29 is 9.84 Å². The van der Waals surface area contributed by atoms with E-state index in [4.69, 9.17) is 4.74 Å². The average molecular weight is 463 g/mol. The molecule has 0 amide bonds. The molecule has 2 aromatic heterocycles. The Kier molecular flexibility index (Phi) is 5.59. The van der Waals surface area contributed by atoms with Crippen LogP contribution in [0.4, 0.5) is 5.95 Å². The number of allylic oxidation sites excluding steroid dienone is 1. The molecule has 0 radical (unpaired) electrons. The van der Waals surface area contributed by atoms with Gasteiger partial charge in [0.15, 0.2) is 22.7 Å². The van der Waals surface area contributed by atoms with Crippen LogP contribution in [0.15, 0.2) is 44.0 Å². The molecular weight excluding hydrogens is 444 g/mol. The molecule has 2 heterocycles. The van der Waals surface area contributed by atoms with Crippen molar-refractivity contribution in [3.05, 3.63) is 55.7 Å². The van der Waals surface area contributed by atoms with Crippen molar-refractivity contribution in [3.8, 4) is 11.5 Å². The number of aryl methyl sites for hydroxylation is 1. The Balaban J connectivity index is 2.05. The molecule has 29 heavy (non-hydrogen) atoms. The molecule has 0 bridgehead atoms. The van der Waals surface area contributed by atoms with Crippen LogP contribution in [0.1, 0.15) is 5.56 Å². The van der Waals surface area contributed by atoms with Crippen LogP contribution in [0.25, 0.3) is 11.2 Å². The second-order valence-electron chi connectivity index (χ2n) is 6.14. The Morgan fingerprint density at radius 2 is 2.07 bits per heavy atom. The molecule has 0 atom stereocenters. The maximum absolute atomic E-state index is 12.6. The molecule has 10 nitrogen and oxygen atoms in total. The zero-order valence-electron chi connectivity index (χ0n) is 16.0. The van der Waals surface area contributed by atoms with Crippen molar-refractivity contribution in [1.29, 1.82) is 0 Å². The highest BCUT2D eigenvalue weighted by Gasteiger charge is 2.18. The zero-order chi connectivity index (χ0) is 21.3. The van der Waals surface area contributed by atoms with E-state index in [1.807, 2.05) is 0 Å². The summed E-state index contributed by atoms with van der Waals surface area (Å²) >= 11 is 3.25. The molecule has 152 valence electrons. The number of halogens is 1. The number of hydrazone groups is 1. The number of ether oxygens (including phenoxy) is 1. The number of fused-ring (bicyclic) bond motifs is 1. The first-order valence-corrected chi connectivity index (χ1v) is 9.22. The lowest BCUT2D eigenvalue weighted by Crippen LogP contribution is -2.37. The normalized spacial score (nSPS) is 11.3. The Hall–Kier alpha value is -3.34. The molecule has 0 aliphatic rings. The molecule has 0 spiro atoms. The molecule has 0 fully saturated rings. The van der Waals surface area contributed by atoms with Crippen molar-refractivity contribution in [2.45, 2.75) is 6.54 Å². The maximum Gasteiger partial charge on any atom is 0.332 e. The van der Waals surface area contributed by atoms with Gasteiger partial charge in [-0.05, 0) is 33.6 Å². The summed E-state index contributed by atoms with van der Waals surface area (Å²) in [5.74, 6) is 0.555. The predicted octanol–water partition coefficient (Wildman–Crippen LogP) is 1.54. The highest BCUT2D eigenvalue weighted by atomic mass is 79.9. The number of aromatic hydroxyl groups is 1. The number of phenolic OH excluding ortho intramolecular Hbond substituents is 1. The smallest absolute Gasteiger partial charge is 0.332 e. The van der Waals surface area contributed by atoms with E-state index >= 15 is 0 Å². The molecular formula is C18H19BrN6O4. The lowest BCUT2D eigenvalue weighted by molar-refractivity contribution is 0.372. The van der Waals surface area contributed by atoms with Crippen LogP contribution >= 0.6 is 15.9 Å². The molecule has 0 saturated heterocycles. The second kappa shape index (κ2) is 7.95. The first-order chi connectivity index (χ1) is 13.8. The SMILES string of the molecule is C=CCn1c(N/N=C\c2cc(Br)c(O)c(OC)c2)nc2c1c(=O)n(C)c(=O)n2C. The topological polar surface area (TPSA) is 116 Å². The molecule has 0 aliphatic heterocycles. The van der Waals surface area contributed by atoms with Gasteiger partial charge in [-0.3, -0.25) is 18.5 Å². The highest BCUT2D eigenvalue weighted by molar-refractivity contribution is 9.10. The molecule has 2 N–H and O–H groups in total. The number of phenols is 1. The largest absolute Gasteiger partial charge is 0.503 e. The van der Waals surface area contributed by atoms with Gasteiger partial charge in [0.2, 0.25) is 5.95 Å². The van der Waals surface area contributed by atoms with Crippen molar-refractivity contribution >= 4 is 39.3 Å². The van der Waals surface area contributed by atoms with E-state index in [1.54, 1.807) is 29.8 Å². The van der Waals surface area contributed by atoms with Gasteiger partial charge in [-0.15, -0.1) is 6.58 Å². The third-order valence-electron chi connectivity index (χ3n) is 4.31. The summed E-state index contributed by atoms with van der Waals surface area (Å²) in [6.45, 7) is 4.00. The minimum absolute atomic E-state index is 0.0119. The first kappa shape index (κ1) is 20.4. The minimum Gasteiger partial charge on any atom is -0.503 e. The van der Waals surface area contributed by atoms with Crippen LogP contribution in [0.5, 0.6) is 11.5 Å². The van der Waals surface area contributed by atoms with Crippen LogP contribution in [-0.2, 0) is 20.6 Å². The molecule has 0 aliphatic carbocycles. The zero-order valence-corrected chi connectivity index (χ0v) is 17.6. The van der Waals surface area contributed by atoms with Gasteiger partial charge in [0, 0.05) is 20.6 Å². The van der Waals surface area contributed by atoms with Crippen LogP contribution < -0.4 is 21.4 Å². The fourth-order valence-electron chi connectivity index (χ4n) is 2.83. The van der Waals surface area contributed by atoms with Gasteiger partial charge in [0.05, 0.1) is 17.8 Å². The Morgan fingerprint density at radius 3 is 2.72 bits per heavy atom. The molecule has 0 unspecified atom stereocenters. The summed E-state index contributed by atoms with van der Waals surface area (Å²) in [6.07, 6.45) is 3.12. The predicted molar refractivity (Wildman–Crippen MR) is 114 cm³/mol. The molecule has 11 heteroatoms. The number of hydrogen-bond donors (Lipinski definition) is 2. The number of methoxy groups -OCH3 is 1. The van der Waals surface area contributed by atoms with Gasteiger partial charge in [-0.25, -0.2) is 10.2 Å². The van der Waals surface area contributed by atoms with Crippen molar-refractivity contribution in [2.24, 2.45) is 19.2 Å². The average Bonchev–Trinajstić information content (AvgIpc) is 3.06. The van der Waals surface area contributed by atoms with Crippen LogP contribution in [-0.4, -0.2) is 37.1 Å².